The van der Waals surface area contributed by atoms with E-state index in [1.165, 1.54) is 17.5 Å². The molecule has 2 N–H and O–H groups in total. The van der Waals surface area contributed by atoms with Crippen LogP contribution in [0.4, 0.5) is 0 Å². The van der Waals surface area contributed by atoms with E-state index < -0.39 is 5.97 Å². The van der Waals surface area contributed by atoms with Gasteiger partial charge in [-0.3, -0.25) is 0 Å². The Morgan fingerprint density at radius 3 is 3.06 bits per heavy atom. The van der Waals surface area contributed by atoms with E-state index in [2.05, 4.69) is 5.32 Å². The molecule has 1 unspecified atom stereocenters. The number of carbonyl (C=O) groups is 1. The molecule has 0 amide bonds. The summed E-state index contributed by atoms with van der Waals surface area (Å²) in [6.45, 7) is 0.972. The number of hydrogen-bond acceptors (Lipinski definition) is 2. The molecule has 0 heterocycles. The second-order valence-corrected chi connectivity index (χ2v) is 4.37. The van der Waals surface area contributed by atoms with E-state index in [0.29, 0.717) is 11.5 Å². The van der Waals surface area contributed by atoms with Crippen molar-refractivity contribution in [3.05, 3.63) is 34.9 Å². The first-order chi connectivity index (χ1) is 7.72. The predicted octanol–water partition coefficient (Wildman–Crippen LogP) is 2.02. The molecule has 0 saturated heterocycles. The van der Waals surface area contributed by atoms with Gasteiger partial charge in [-0.25, -0.2) is 4.79 Å². The maximum Gasteiger partial charge on any atom is 0.335 e. The van der Waals surface area contributed by atoms with Gasteiger partial charge in [0.15, 0.2) is 0 Å². The van der Waals surface area contributed by atoms with Crippen LogP contribution in [0.15, 0.2) is 18.2 Å². The van der Waals surface area contributed by atoms with Gasteiger partial charge in [0, 0.05) is 6.54 Å². The summed E-state index contributed by atoms with van der Waals surface area (Å²) in [6, 6.07) is 5.54. The first-order valence-electron chi connectivity index (χ1n) is 5.73. The van der Waals surface area contributed by atoms with Crippen molar-refractivity contribution < 1.29 is 9.90 Å². The van der Waals surface area contributed by atoms with Crippen molar-refractivity contribution in [2.75, 3.05) is 13.6 Å². The largest absolute Gasteiger partial charge is 0.478 e. The van der Waals surface area contributed by atoms with E-state index in [4.69, 9.17) is 5.11 Å². The van der Waals surface area contributed by atoms with E-state index in [-0.39, 0.29) is 0 Å². The summed E-state index contributed by atoms with van der Waals surface area (Å²) in [5.74, 6) is -0.296. The molecule has 0 radical (unpaired) electrons. The number of carboxylic acid groups (broad SMARTS) is 1. The Kier molecular flexibility index (Phi) is 3.25. The number of likely N-dealkylation sites (N-methyl/N-ethyl adjacent to an activating group) is 1. The van der Waals surface area contributed by atoms with Crippen LogP contribution in [0.3, 0.4) is 0 Å². The van der Waals surface area contributed by atoms with Gasteiger partial charge in [-0.2, -0.15) is 0 Å². The lowest BCUT2D eigenvalue weighted by Crippen LogP contribution is -2.21. The van der Waals surface area contributed by atoms with Crippen LogP contribution in [0.5, 0.6) is 0 Å². The molecule has 1 aliphatic carbocycles. The highest BCUT2D eigenvalue weighted by Gasteiger charge is 2.20. The summed E-state index contributed by atoms with van der Waals surface area (Å²) in [7, 11) is 1.96. The van der Waals surface area contributed by atoms with Crippen molar-refractivity contribution in [2.24, 2.45) is 0 Å². The Labute approximate surface area is 95.5 Å². The zero-order valence-electron chi connectivity index (χ0n) is 9.49. The van der Waals surface area contributed by atoms with E-state index in [0.717, 1.165) is 19.4 Å². The zero-order chi connectivity index (χ0) is 11.5. The van der Waals surface area contributed by atoms with Crippen molar-refractivity contribution in [1.82, 2.24) is 5.32 Å². The molecule has 3 nitrogen and oxygen atoms in total. The fourth-order valence-electron chi connectivity index (χ4n) is 2.51. The SMILES string of the molecule is CNCC1CCCc2cc(C(=O)O)ccc21. The summed E-state index contributed by atoms with van der Waals surface area (Å²) in [5, 5.41) is 12.1. The number of nitrogens with one attached hydrogen (secondary N) is 1. The van der Waals surface area contributed by atoms with Gasteiger partial charge in [0.25, 0.3) is 0 Å². The summed E-state index contributed by atoms with van der Waals surface area (Å²) in [6.07, 6.45) is 3.36. The van der Waals surface area contributed by atoms with Gasteiger partial charge in [0.05, 0.1) is 5.56 Å². The molecule has 2 rings (SSSR count). The van der Waals surface area contributed by atoms with Crippen molar-refractivity contribution >= 4 is 5.97 Å². The van der Waals surface area contributed by atoms with Crippen molar-refractivity contribution in [3.8, 4) is 0 Å². The number of benzene rings is 1. The van der Waals surface area contributed by atoms with Crippen molar-refractivity contribution in [2.45, 2.75) is 25.2 Å². The van der Waals surface area contributed by atoms with Gasteiger partial charge in [0.2, 0.25) is 0 Å². The average Bonchev–Trinajstić information content (AvgIpc) is 2.29. The Morgan fingerprint density at radius 2 is 2.38 bits per heavy atom. The molecule has 0 fully saturated rings. The molecule has 1 aliphatic rings. The number of rotatable bonds is 3. The third-order valence-electron chi connectivity index (χ3n) is 3.28. The molecule has 0 aliphatic heterocycles. The lowest BCUT2D eigenvalue weighted by molar-refractivity contribution is 0.0696. The van der Waals surface area contributed by atoms with Crippen LogP contribution in [0.25, 0.3) is 0 Å². The van der Waals surface area contributed by atoms with E-state index in [1.54, 1.807) is 6.07 Å². The van der Waals surface area contributed by atoms with Gasteiger partial charge < -0.3 is 10.4 Å². The quantitative estimate of drug-likeness (QED) is 0.817. The van der Waals surface area contributed by atoms with E-state index in [9.17, 15) is 4.79 Å². The van der Waals surface area contributed by atoms with Crippen LogP contribution < -0.4 is 5.32 Å². The van der Waals surface area contributed by atoms with Crippen LogP contribution >= 0.6 is 0 Å². The van der Waals surface area contributed by atoms with E-state index >= 15 is 0 Å². The van der Waals surface area contributed by atoms with Gasteiger partial charge in [0.1, 0.15) is 0 Å². The zero-order valence-corrected chi connectivity index (χ0v) is 9.49. The smallest absolute Gasteiger partial charge is 0.335 e. The van der Waals surface area contributed by atoms with Gasteiger partial charge in [-0.15, -0.1) is 0 Å². The third-order valence-corrected chi connectivity index (χ3v) is 3.28. The van der Waals surface area contributed by atoms with Gasteiger partial charge in [-0.05, 0) is 55.5 Å². The van der Waals surface area contributed by atoms with Gasteiger partial charge >= 0.3 is 5.97 Å². The molecule has 3 heteroatoms. The lowest BCUT2D eigenvalue weighted by atomic mass is 9.82. The normalized spacial score (nSPS) is 19.2. The molecule has 0 spiro atoms. The number of fused-ring (bicyclic) bond motifs is 1. The maximum atomic E-state index is 10.9. The minimum absolute atomic E-state index is 0.406. The van der Waals surface area contributed by atoms with Crippen molar-refractivity contribution in [1.29, 1.82) is 0 Å². The van der Waals surface area contributed by atoms with Crippen LogP contribution in [-0.4, -0.2) is 24.7 Å². The summed E-state index contributed by atoms with van der Waals surface area (Å²) >= 11 is 0. The number of carboxylic acids is 1. The molecule has 1 aromatic carbocycles. The van der Waals surface area contributed by atoms with Crippen LogP contribution in [-0.2, 0) is 6.42 Å². The molecular formula is C13H17NO2. The van der Waals surface area contributed by atoms with Crippen LogP contribution in [0.1, 0.15) is 40.2 Å². The fraction of sp³-hybridized carbons (Fsp3) is 0.462. The first-order valence-corrected chi connectivity index (χ1v) is 5.73. The lowest BCUT2D eigenvalue weighted by Gasteiger charge is -2.25. The molecule has 0 saturated carbocycles. The third kappa shape index (κ3) is 2.09. The van der Waals surface area contributed by atoms with Crippen LogP contribution in [0, 0.1) is 0 Å². The summed E-state index contributed by atoms with van der Waals surface area (Å²) in [5.41, 5.74) is 2.95. The minimum Gasteiger partial charge on any atom is -0.478 e. The minimum atomic E-state index is -0.835. The summed E-state index contributed by atoms with van der Waals surface area (Å²) in [4.78, 5) is 10.9. The first kappa shape index (κ1) is 11.1. The monoisotopic (exact) mass is 219 g/mol. The average molecular weight is 219 g/mol. The number of hydrogen-bond donors (Lipinski definition) is 2. The molecule has 16 heavy (non-hydrogen) atoms. The Morgan fingerprint density at radius 1 is 1.56 bits per heavy atom. The Balaban J connectivity index is 2.32. The molecule has 1 atom stereocenters. The Hall–Kier alpha value is -1.35. The second kappa shape index (κ2) is 4.66. The fourth-order valence-corrected chi connectivity index (χ4v) is 2.51. The second-order valence-electron chi connectivity index (χ2n) is 4.37. The highest BCUT2D eigenvalue weighted by Crippen LogP contribution is 2.31. The highest BCUT2D eigenvalue weighted by atomic mass is 16.4. The molecule has 86 valence electrons. The van der Waals surface area contributed by atoms with Crippen molar-refractivity contribution in [3.63, 3.8) is 0 Å². The van der Waals surface area contributed by atoms with E-state index in [1.807, 2.05) is 19.2 Å². The molecular weight excluding hydrogens is 202 g/mol. The van der Waals surface area contributed by atoms with Crippen LogP contribution in [0.2, 0.25) is 0 Å². The molecule has 0 aromatic heterocycles. The number of aryl methyl sites for hydroxylation is 1. The number of aromatic carboxylic acids is 1. The highest BCUT2D eigenvalue weighted by molar-refractivity contribution is 5.88. The van der Waals surface area contributed by atoms with Gasteiger partial charge in [-0.1, -0.05) is 6.07 Å². The Bertz CT molecular complexity index is 401. The maximum absolute atomic E-state index is 10.9. The molecule has 1 aromatic rings. The predicted molar refractivity (Wildman–Crippen MR) is 63.0 cm³/mol. The molecule has 0 bridgehead atoms. The topological polar surface area (TPSA) is 49.3 Å². The summed E-state index contributed by atoms with van der Waals surface area (Å²) < 4.78 is 0. The standard InChI is InChI=1S/C13H17NO2/c1-14-8-11-4-2-3-9-7-10(13(15)16)5-6-12(9)11/h5-7,11,14H,2-4,8H2,1H3,(H,15,16).